The number of ether oxygens (including phenoxy) is 1. The molecule has 0 bridgehead atoms. The fourth-order valence-corrected chi connectivity index (χ4v) is 5.39. The van der Waals surface area contributed by atoms with E-state index in [4.69, 9.17) is 9.26 Å². The van der Waals surface area contributed by atoms with Gasteiger partial charge in [0.2, 0.25) is 0 Å². The van der Waals surface area contributed by atoms with E-state index < -0.39 is 54.2 Å². The van der Waals surface area contributed by atoms with E-state index >= 15 is 0 Å². The molecule has 1 aliphatic heterocycles. The van der Waals surface area contributed by atoms with Crippen LogP contribution >= 0.6 is 7.60 Å². The molecule has 1 saturated heterocycles. The van der Waals surface area contributed by atoms with Crippen LogP contribution in [-0.2, 0) is 13.8 Å². The van der Waals surface area contributed by atoms with Crippen LogP contribution in [0.4, 0.5) is 0 Å². The van der Waals surface area contributed by atoms with Gasteiger partial charge in [0.05, 0.1) is 5.60 Å². The Balaban J connectivity index is 1.63. The molecule has 2 fully saturated rings. The summed E-state index contributed by atoms with van der Waals surface area (Å²) >= 11 is 0. The molecule has 0 aromatic carbocycles. The Labute approximate surface area is 183 Å². The van der Waals surface area contributed by atoms with Crippen molar-refractivity contribution in [2.45, 2.75) is 69.1 Å². The second-order valence-corrected chi connectivity index (χ2v) is 11.8. The standard InChI is InChI=1S/C20H28N3O8P/c1-6-11-7-10-9-23(17(26)22-15(10)21-11)16-13(24)14(25)20(30-16)8-12(20)18(2,3)31-32(28,29)19(4,5)27/h6-7,9,12-14,16,24-25,27H,1,8H2,2-5H3,(H,28,29)(H,21,22,26)/t12-,13-,14+,16-,20?/m1/s1. The van der Waals surface area contributed by atoms with E-state index in [1.165, 1.54) is 20.0 Å². The van der Waals surface area contributed by atoms with Gasteiger partial charge in [-0.25, -0.2) is 4.79 Å². The van der Waals surface area contributed by atoms with Crippen molar-refractivity contribution in [3.63, 3.8) is 0 Å². The molecule has 11 nitrogen and oxygen atoms in total. The lowest BCUT2D eigenvalue weighted by atomic mass is 9.97. The molecule has 12 heteroatoms. The summed E-state index contributed by atoms with van der Waals surface area (Å²) < 4.78 is 25.0. The minimum atomic E-state index is -4.43. The first-order valence-electron chi connectivity index (χ1n) is 10.2. The number of hydrogen-bond acceptors (Lipinski definition) is 8. The van der Waals surface area contributed by atoms with Gasteiger partial charge < -0.3 is 34.5 Å². The number of aliphatic hydroxyl groups is 3. The number of H-pyrrole nitrogens is 1. The normalized spacial score (nSPS) is 32.4. The smallest absolute Gasteiger partial charge is 0.359 e. The molecule has 1 aliphatic carbocycles. The molecule has 0 amide bonds. The van der Waals surface area contributed by atoms with Crippen LogP contribution in [0.3, 0.4) is 0 Å². The topological polar surface area (TPSA) is 167 Å². The highest BCUT2D eigenvalue weighted by molar-refractivity contribution is 7.54. The van der Waals surface area contributed by atoms with Crippen LogP contribution in [0.5, 0.6) is 0 Å². The van der Waals surface area contributed by atoms with E-state index in [1.54, 1.807) is 26.0 Å². The molecule has 5 N–H and O–H groups in total. The molecular formula is C20H28N3O8P. The number of aliphatic hydroxyl groups excluding tert-OH is 2. The second kappa shape index (κ2) is 7.07. The molecule has 3 heterocycles. The summed E-state index contributed by atoms with van der Waals surface area (Å²) in [4.78, 5) is 29.7. The number of aromatic nitrogens is 3. The zero-order valence-electron chi connectivity index (χ0n) is 18.2. The zero-order chi connectivity index (χ0) is 23.9. The maximum absolute atomic E-state index is 12.6. The van der Waals surface area contributed by atoms with Crippen LogP contribution in [0.15, 0.2) is 23.6 Å². The fourth-order valence-electron chi connectivity index (χ4n) is 4.40. The Morgan fingerprint density at radius 1 is 1.41 bits per heavy atom. The molecule has 2 aromatic heterocycles. The molecular weight excluding hydrogens is 441 g/mol. The third-order valence-electron chi connectivity index (χ3n) is 6.35. The molecule has 2 aliphatic rings. The van der Waals surface area contributed by atoms with Crippen molar-refractivity contribution < 1.29 is 34.0 Å². The summed E-state index contributed by atoms with van der Waals surface area (Å²) in [7, 11) is -4.43. The number of rotatable bonds is 6. The maximum Gasteiger partial charge on any atom is 0.359 e. The highest BCUT2D eigenvalue weighted by Crippen LogP contribution is 2.66. The monoisotopic (exact) mass is 469 g/mol. The minimum Gasteiger partial charge on any atom is -0.387 e. The Morgan fingerprint density at radius 3 is 2.66 bits per heavy atom. The number of aromatic amines is 1. The van der Waals surface area contributed by atoms with Gasteiger partial charge in [-0.3, -0.25) is 9.13 Å². The van der Waals surface area contributed by atoms with Crippen molar-refractivity contribution >= 4 is 24.7 Å². The fraction of sp³-hybridized carbons (Fsp3) is 0.600. The van der Waals surface area contributed by atoms with Gasteiger partial charge >= 0.3 is 13.3 Å². The largest absolute Gasteiger partial charge is 0.387 e. The first-order chi connectivity index (χ1) is 14.6. The van der Waals surface area contributed by atoms with Gasteiger partial charge in [0.15, 0.2) is 11.6 Å². The van der Waals surface area contributed by atoms with Crippen molar-refractivity contribution in [3.05, 3.63) is 35.0 Å². The first-order valence-corrected chi connectivity index (χ1v) is 11.7. The molecule has 1 spiro atoms. The van der Waals surface area contributed by atoms with Crippen LogP contribution in [0, 0.1) is 5.92 Å². The number of fused-ring (bicyclic) bond motifs is 1. The molecule has 2 aromatic rings. The summed E-state index contributed by atoms with van der Waals surface area (Å²) in [5.74, 6) is -0.584. The summed E-state index contributed by atoms with van der Waals surface area (Å²) in [6, 6.07) is 1.73. The van der Waals surface area contributed by atoms with Crippen molar-refractivity contribution in [2.75, 3.05) is 0 Å². The van der Waals surface area contributed by atoms with Crippen LogP contribution < -0.4 is 5.69 Å². The lowest BCUT2D eigenvalue weighted by Gasteiger charge is -2.34. The van der Waals surface area contributed by atoms with E-state index in [1.807, 2.05) is 0 Å². The Morgan fingerprint density at radius 2 is 2.06 bits per heavy atom. The number of nitrogens with zero attached hydrogens (tertiary/aromatic N) is 2. The Kier molecular flexibility index (Phi) is 5.15. The molecule has 2 unspecified atom stereocenters. The van der Waals surface area contributed by atoms with E-state index in [-0.39, 0.29) is 6.42 Å². The molecule has 32 heavy (non-hydrogen) atoms. The summed E-state index contributed by atoms with van der Waals surface area (Å²) in [5, 5.41) is 30.1. The van der Waals surface area contributed by atoms with E-state index in [0.717, 1.165) is 4.57 Å². The number of hydrogen-bond donors (Lipinski definition) is 5. The van der Waals surface area contributed by atoms with Crippen LogP contribution in [0.2, 0.25) is 0 Å². The zero-order valence-corrected chi connectivity index (χ0v) is 19.1. The SMILES string of the molecule is C=Cc1cc2cn([C@@H]3OC4(C[C@@H]4C(C)(C)OP(=O)(O)C(C)(C)O)[C@@H](O)[C@H]3O)c(=O)nc2[nH]1. The van der Waals surface area contributed by atoms with Gasteiger partial charge in [0, 0.05) is 23.2 Å². The van der Waals surface area contributed by atoms with Crippen molar-refractivity contribution in [2.24, 2.45) is 5.92 Å². The Hall–Kier alpha value is -1.85. The molecule has 4 rings (SSSR count). The lowest BCUT2D eigenvalue weighted by molar-refractivity contribution is -0.0764. The maximum atomic E-state index is 12.6. The predicted molar refractivity (Wildman–Crippen MR) is 115 cm³/mol. The van der Waals surface area contributed by atoms with Gasteiger partial charge in [-0.1, -0.05) is 6.58 Å². The van der Waals surface area contributed by atoms with Crippen LogP contribution in [0.1, 0.15) is 46.0 Å². The van der Waals surface area contributed by atoms with Gasteiger partial charge in [0.1, 0.15) is 23.5 Å². The summed E-state index contributed by atoms with van der Waals surface area (Å²) in [5.41, 5.74) is -2.24. The Bertz CT molecular complexity index is 1180. The van der Waals surface area contributed by atoms with Crippen molar-refractivity contribution in [1.29, 1.82) is 0 Å². The highest BCUT2D eigenvalue weighted by atomic mass is 31.2. The van der Waals surface area contributed by atoms with Gasteiger partial charge in [-0.15, -0.1) is 0 Å². The molecule has 1 saturated carbocycles. The minimum absolute atomic E-state index is 0.218. The van der Waals surface area contributed by atoms with Crippen LogP contribution in [-0.4, -0.2) is 63.5 Å². The highest BCUT2D eigenvalue weighted by Gasteiger charge is 2.73. The third-order valence-corrected chi connectivity index (χ3v) is 8.45. The van der Waals surface area contributed by atoms with Crippen molar-refractivity contribution in [1.82, 2.24) is 14.5 Å². The third kappa shape index (κ3) is 3.49. The molecule has 0 radical (unpaired) electrons. The van der Waals surface area contributed by atoms with Crippen molar-refractivity contribution in [3.8, 4) is 0 Å². The van der Waals surface area contributed by atoms with E-state index in [0.29, 0.717) is 16.7 Å². The van der Waals surface area contributed by atoms with Gasteiger partial charge in [-0.2, -0.15) is 4.98 Å². The van der Waals surface area contributed by atoms with E-state index in [9.17, 15) is 29.6 Å². The molecule has 176 valence electrons. The first kappa shape index (κ1) is 23.3. The van der Waals surface area contributed by atoms with E-state index in [2.05, 4.69) is 16.5 Å². The second-order valence-electron chi connectivity index (χ2n) is 9.53. The lowest BCUT2D eigenvalue weighted by Crippen LogP contribution is -2.40. The predicted octanol–water partition coefficient (Wildman–Crippen LogP) is 1.09. The van der Waals surface area contributed by atoms with Crippen LogP contribution in [0.25, 0.3) is 17.1 Å². The van der Waals surface area contributed by atoms with Gasteiger partial charge in [-0.05, 0) is 46.3 Å². The molecule has 6 atom stereocenters. The van der Waals surface area contributed by atoms with Gasteiger partial charge in [0.25, 0.3) is 0 Å². The summed E-state index contributed by atoms with van der Waals surface area (Å²) in [6.45, 7) is 9.10. The average molecular weight is 469 g/mol. The quantitative estimate of drug-likeness (QED) is 0.389. The summed E-state index contributed by atoms with van der Waals surface area (Å²) in [6.07, 6.45) is -0.772. The number of nitrogens with one attached hydrogen (secondary N) is 1. The average Bonchev–Trinajstić information content (AvgIpc) is 3.20.